The number of anilines is 1. The smallest absolute Gasteiger partial charge is 0.303 e. The average Bonchev–Trinajstić information content (AvgIpc) is 2.96. The molecular weight excluding hydrogens is 306 g/mol. The van der Waals surface area contributed by atoms with Crippen molar-refractivity contribution in [2.24, 2.45) is 0 Å². The van der Waals surface area contributed by atoms with E-state index in [9.17, 15) is 14.9 Å². The van der Waals surface area contributed by atoms with Crippen molar-refractivity contribution in [3.8, 4) is 11.3 Å². The minimum atomic E-state index is -0.815. The van der Waals surface area contributed by atoms with Crippen molar-refractivity contribution in [1.29, 1.82) is 0 Å². The lowest BCUT2D eigenvalue weighted by molar-refractivity contribution is -0.384. The fraction of sp³-hybridized carbons (Fsp3) is 0.286. The van der Waals surface area contributed by atoms with Crippen LogP contribution in [0.3, 0.4) is 0 Å². The first-order chi connectivity index (χ1) is 10.5. The quantitative estimate of drug-likeness (QED) is 0.622. The number of hydrogen-bond donors (Lipinski definition) is 1. The first-order valence-corrected chi connectivity index (χ1v) is 7.48. The average molecular weight is 321 g/mol. The number of nitrogens with zero attached hydrogens (tertiary/aromatic N) is 3. The van der Waals surface area contributed by atoms with Crippen LogP contribution in [0.4, 0.5) is 10.8 Å². The number of nitro groups is 1. The van der Waals surface area contributed by atoms with Crippen molar-refractivity contribution >= 4 is 28.1 Å². The van der Waals surface area contributed by atoms with E-state index in [1.54, 1.807) is 12.1 Å². The molecule has 0 spiro atoms. The van der Waals surface area contributed by atoms with Gasteiger partial charge in [-0.25, -0.2) is 4.98 Å². The molecule has 0 aliphatic carbocycles. The van der Waals surface area contributed by atoms with E-state index in [0.717, 1.165) is 5.13 Å². The van der Waals surface area contributed by atoms with Gasteiger partial charge in [0.25, 0.3) is 5.69 Å². The summed E-state index contributed by atoms with van der Waals surface area (Å²) >= 11 is 1.42. The highest BCUT2D eigenvalue weighted by atomic mass is 32.1. The second kappa shape index (κ2) is 6.99. The van der Waals surface area contributed by atoms with Crippen LogP contribution in [-0.4, -0.2) is 34.6 Å². The maximum absolute atomic E-state index is 10.8. The van der Waals surface area contributed by atoms with Gasteiger partial charge in [-0.15, -0.1) is 11.3 Å². The highest BCUT2D eigenvalue weighted by Crippen LogP contribution is 2.28. The van der Waals surface area contributed by atoms with Gasteiger partial charge in [0, 0.05) is 43.1 Å². The second-order valence-electron chi connectivity index (χ2n) is 4.74. The lowest BCUT2D eigenvalue weighted by Gasteiger charge is -2.14. The van der Waals surface area contributed by atoms with Crippen molar-refractivity contribution < 1.29 is 14.8 Å². The van der Waals surface area contributed by atoms with Crippen molar-refractivity contribution in [2.45, 2.75) is 12.8 Å². The molecule has 2 aromatic rings. The lowest BCUT2D eigenvalue weighted by Crippen LogP contribution is -2.19. The number of benzene rings is 1. The Morgan fingerprint density at radius 1 is 1.50 bits per heavy atom. The zero-order valence-corrected chi connectivity index (χ0v) is 12.7. The van der Waals surface area contributed by atoms with E-state index in [2.05, 4.69) is 4.98 Å². The predicted molar refractivity (Wildman–Crippen MR) is 84.3 cm³/mol. The lowest BCUT2D eigenvalue weighted by atomic mass is 10.1. The summed E-state index contributed by atoms with van der Waals surface area (Å²) in [6.45, 7) is 0.591. The van der Waals surface area contributed by atoms with E-state index in [-0.39, 0.29) is 12.1 Å². The molecule has 0 aliphatic rings. The number of non-ortho nitro benzene ring substituents is 1. The Labute approximate surface area is 131 Å². The highest BCUT2D eigenvalue weighted by molar-refractivity contribution is 7.14. The summed E-state index contributed by atoms with van der Waals surface area (Å²) in [6, 6.07) is 6.33. The molecule has 2 rings (SSSR count). The molecule has 1 aromatic carbocycles. The van der Waals surface area contributed by atoms with Gasteiger partial charge in [-0.05, 0) is 6.42 Å². The fourth-order valence-corrected chi connectivity index (χ4v) is 2.74. The maximum Gasteiger partial charge on any atom is 0.303 e. The molecule has 1 aromatic heterocycles. The van der Waals surface area contributed by atoms with Crippen LogP contribution >= 0.6 is 11.3 Å². The van der Waals surface area contributed by atoms with Crippen LogP contribution in [0.2, 0.25) is 0 Å². The standard InChI is InChI=1S/C14H15N3O4S/c1-16(7-3-6-13(18)19)14-15-12(9-22-14)10-4-2-5-11(8-10)17(20)21/h2,4-5,8-9H,3,6-7H2,1H3,(H,18,19). The summed E-state index contributed by atoms with van der Waals surface area (Å²) in [5.74, 6) is -0.815. The minimum Gasteiger partial charge on any atom is -0.481 e. The van der Waals surface area contributed by atoms with Crippen molar-refractivity contribution in [3.05, 3.63) is 39.8 Å². The Morgan fingerprint density at radius 3 is 2.95 bits per heavy atom. The molecule has 0 atom stereocenters. The van der Waals surface area contributed by atoms with Gasteiger partial charge in [0.1, 0.15) is 0 Å². The molecule has 0 unspecified atom stereocenters. The molecule has 0 saturated carbocycles. The molecule has 1 heterocycles. The molecule has 0 radical (unpaired) electrons. The molecule has 0 saturated heterocycles. The number of aliphatic carboxylic acids is 1. The SMILES string of the molecule is CN(CCCC(=O)O)c1nc(-c2cccc([N+](=O)[O-])c2)cs1. The number of thiazole rings is 1. The third-order valence-corrected chi connectivity index (χ3v) is 4.01. The summed E-state index contributed by atoms with van der Waals surface area (Å²) < 4.78 is 0. The first-order valence-electron chi connectivity index (χ1n) is 6.60. The van der Waals surface area contributed by atoms with Crippen LogP contribution in [0.25, 0.3) is 11.3 Å². The maximum atomic E-state index is 10.8. The Hall–Kier alpha value is -2.48. The highest BCUT2D eigenvalue weighted by Gasteiger charge is 2.12. The fourth-order valence-electron chi connectivity index (χ4n) is 1.91. The molecule has 0 aliphatic heterocycles. The number of carbonyl (C=O) groups is 1. The predicted octanol–water partition coefficient (Wildman–Crippen LogP) is 3.02. The van der Waals surface area contributed by atoms with Crippen LogP contribution in [0.1, 0.15) is 12.8 Å². The van der Waals surface area contributed by atoms with Crippen LogP contribution < -0.4 is 4.90 Å². The van der Waals surface area contributed by atoms with E-state index in [1.807, 2.05) is 17.3 Å². The Kier molecular flexibility index (Phi) is 5.05. The summed E-state index contributed by atoms with van der Waals surface area (Å²) in [6.07, 6.45) is 0.658. The van der Waals surface area contributed by atoms with Gasteiger partial charge in [0.15, 0.2) is 5.13 Å². The number of aromatic nitrogens is 1. The molecule has 0 fully saturated rings. The molecule has 0 bridgehead atoms. The monoisotopic (exact) mass is 321 g/mol. The second-order valence-corrected chi connectivity index (χ2v) is 5.58. The van der Waals surface area contributed by atoms with E-state index in [0.29, 0.717) is 24.2 Å². The van der Waals surface area contributed by atoms with Crippen LogP contribution in [0, 0.1) is 10.1 Å². The number of hydrogen-bond acceptors (Lipinski definition) is 6. The minimum absolute atomic E-state index is 0.0295. The van der Waals surface area contributed by atoms with E-state index >= 15 is 0 Å². The summed E-state index contributed by atoms with van der Waals surface area (Å²) in [7, 11) is 1.85. The van der Waals surface area contributed by atoms with Crippen molar-refractivity contribution in [3.63, 3.8) is 0 Å². The molecule has 1 N–H and O–H groups in total. The third kappa shape index (κ3) is 4.01. The summed E-state index contributed by atoms with van der Waals surface area (Å²) in [5, 5.41) is 22.0. The summed E-state index contributed by atoms with van der Waals surface area (Å²) in [5.41, 5.74) is 1.39. The van der Waals surface area contributed by atoms with Gasteiger partial charge in [-0.1, -0.05) is 12.1 Å². The number of carboxylic acids is 1. The number of nitro benzene ring substituents is 1. The van der Waals surface area contributed by atoms with E-state index in [4.69, 9.17) is 5.11 Å². The van der Waals surface area contributed by atoms with Gasteiger partial charge in [0.2, 0.25) is 0 Å². The summed E-state index contributed by atoms with van der Waals surface area (Å²) in [4.78, 5) is 27.2. The zero-order valence-electron chi connectivity index (χ0n) is 11.9. The number of rotatable bonds is 7. The molecule has 8 heteroatoms. The van der Waals surface area contributed by atoms with E-state index in [1.165, 1.54) is 23.5 Å². The van der Waals surface area contributed by atoms with Gasteiger partial charge >= 0.3 is 5.97 Å². The van der Waals surface area contributed by atoms with Crippen LogP contribution in [0.5, 0.6) is 0 Å². The van der Waals surface area contributed by atoms with Gasteiger partial charge in [-0.2, -0.15) is 0 Å². The van der Waals surface area contributed by atoms with Gasteiger partial charge in [0.05, 0.1) is 10.6 Å². The largest absolute Gasteiger partial charge is 0.481 e. The molecule has 0 amide bonds. The molecule has 116 valence electrons. The number of carboxylic acid groups (broad SMARTS) is 1. The topological polar surface area (TPSA) is 96.6 Å². The Bertz CT molecular complexity index is 686. The third-order valence-electron chi connectivity index (χ3n) is 3.06. The van der Waals surface area contributed by atoms with Crippen molar-refractivity contribution in [2.75, 3.05) is 18.5 Å². The Morgan fingerprint density at radius 2 is 2.27 bits per heavy atom. The molecule has 22 heavy (non-hydrogen) atoms. The normalized spacial score (nSPS) is 10.4. The van der Waals surface area contributed by atoms with Crippen LogP contribution in [-0.2, 0) is 4.79 Å². The Balaban J connectivity index is 2.09. The van der Waals surface area contributed by atoms with Crippen LogP contribution in [0.15, 0.2) is 29.6 Å². The van der Waals surface area contributed by atoms with Crippen molar-refractivity contribution in [1.82, 2.24) is 4.98 Å². The zero-order chi connectivity index (χ0) is 16.1. The van der Waals surface area contributed by atoms with Gasteiger partial charge < -0.3 is 10.0 Å². The van der Waals surface area contributed by atoms with Gasteiger partial charge in [-0.3, -0.25) is 14.9 Å². The molecule has 7 nitrogen and oxygen atoms in total. The first kappa shape index (κ1) is 15.9. The van der Waals surface area contributed by atoms with E-state index < -0.39 is 10.9 Å². The molecular formula is C14H15N3O4S.